The fourth-order valence-electron chi connectivity index (χ4n) is 4.11. The average molecular weight is 606 g/mol. The quantitative estimate of drug-likeness (QED) is 0.341. The predicted octanol–water partition coefficient (Wildman–Crippen LogP) is 5.24. The van der Waals surface area contributed by atoms with Crippen molar-refractivity contribution in [3.63, 3.8) is 0 Å². The molecule has 0 unspecified atom stereocenters. The lowest BCUT2D eigenvalue weighted by Gasteiger charge is -2.33. The second kappa shape index (κ2) is 12.8. The first kappa shape index (κ1) is 32.5. The second-order valence-electron chi connectivity index (χ2n) is 10.7. The van der Waals surface area contributed by atoms with Gasteiger partial charge in [-0.2, -0.15) is 13.2 Å². The molecule has 2 amide bonds. The standard InChI is InChI=1S/C30H34F3N3O5S/c1-21(28(38)34-29(2,3)4)35(19-22-11-9-14-25(17-22)41-5)27(37)20-36(42(39,40)26-15-7-6-8-16-26)24-13-10-12-23(18-24)30(31,32)33/h6-18,21H,19-20H2,1-5H3,(H,34,38)/t21-/m1/s1. The summed E-state index contributed by atoms with van der Waals surface area (Å²) in [6.07, 6.45) is -4.75. The largest absolute Gasteiger partial charge is 0.497 e. The first-order chi connectivity index (χ1) is 19.5. The smallest absolute Gasteiger partial charge is 0.416 e. The van der Waals surface area contributed by atoms with Gasteiger partial charge in [0.15, 0.2) is 0 Å². The lowest BCUT2D eigenvalue weighted by molar-refractivity contribution is -0.140. The van der Waals surface area contributed by atoms with Crippen LogP contribution in [0.15, 0.2) is 83.8 Å². The lowest BCUT2D eigenvalue weighted by Crippen LogP contribution is -2.54. The Bertz CT molecular complexity index is 1510. The Balaban J connectivity index is 2.09. The van der Waals surface area contributed by atoms with Crippen molar-refractivity contribution >= 4 is 27.5 Å². The molecule has 0 aromatic heterocycles. The number of nitrogens with one attached hydrogen (secondary N) is 1. The van der Waals surface area contributed by atoms with Crippen molar-refractivity contribution in [1.29, 1.82) is 0 Å². The molecule has 226 valence electrons. The number of methoxy groups -OCH3 is 1. The lowest BCUT2D eigenvalue weighted by atomic mass is 10.1. The van der Waals surface area contributed by atoms with Crippen LogP contribution < -0.4 is 14.4 Å². The van der Waals surface area contributed by atoms with Crippen molar-refractivity contribution in [1.82, 2.24) is 10.2 Å². The third kappa shape index (κ3) is 8.25. The van der Waals surface area contributed by atoms with Crippen molar-refractivity contribution in [2.75, 3.05) is 18.0 Å². The van der Waals surface area contributed by atoms with Crippen molar-refractivity contribution in [2.24, 2.45) is 0 Å². The first-order valence-corrected chi connectivity index (χ1v) is 14.5. The van der Waals surface area contributed by atoms with E-state index in [0.29, 0.717) is 21.7 Å². The van der Waals surface area contributed by atoms with Gasteiger partial charge in [-0.15, -0.1) is 0 Å². The molecular formula is C30H34F3N3O5S. The van der Waals surface area contributed by atoms with Gasteiger partial charge >= 0.3 is 6.18 Å². The van der Waals surface area contributed by atoms with Gasteiger partial charge in [0.25, 0.3) is 10.0 Å². The third-order valence-electron chi connectivity index (χ3n) is 6.22. The summed E-state index contributed by atoms with van der Waals surface area (Å²) in [6.45, 7) is 5.85. The van der Waals surface area contributed by atoms with Crippen molar-refractivity contribution in [3.05, 3.63) is 90.0 Å². The van der Waals surface area contributed by atoms with Crippen LogP contribution in [-0.2, 0) is 32.3 Å². The van der Waals surface area contributed by atoms with E-state index < -0.39 is 51.7 Å². The number of benzene rings is 3. The number of rotatable bonds is 10. The van der Waals surface area contributed by atoms with Crippen molar-refractivity contribution in [3.8, 4) is 5.75 Å². The van der Waals surface area contributed by atoms with Gasteiger partial charge in [0.05, 0.1) is 23.3 Å². The van der Waals surface area contributed by atoms with Crippen LogP contribution in [0.4, 0.5) is 18.9 Å². The van der Waals surface area contributed by atoms with E-state index >= 15 is 0 Å². The minimum absolute atomic E-state index is 0.101. The number of anilines is 1. The van der Waals surface area contributed by atoms with Crippen molar-refractivity contribution in [2.45, 2.75) is 56.9 Å². The molecule has 42 heavy (non-hydrogen) atoms. The molecule has 0 aliphatic rings. The second-order valence-corrected chi connectivity index (χ2v) is 12.5. The Hall–Kier alpha value is -4.06. The van der Waals surface area contributed by atoms with Gasteiger partial charge in [-0.05, 0) is 75.7 Å². The summed E-state index contributed by atoms with van der Waals surface area (Å²) in [4.78, 5) is 28.1. The molecule has 3 rings (SSSR count). The Labute approximate surface area is 244 Å². The van der Waals surface area contributed by atoms with Gasteiger partial charge in [-0.3, -0.25) is 13.9 Å². The van der Waals surface area contributed by atoms with Crippen LogP contribution in [0.5, 0.6) is 5.75 Å². The van der Waals surface area contributed by atoms with Gasteiger partial charge in [0.1, 0.15) is 18.3 Å². The molecule has 0 saturated heterocycles. The highest BCUT2D eigenvalue weighted by molar-refractivity contribution is 7.92. The van der Waals surface area contributed by atoms with Crippen LogP contribution in [0.1, 0.15) is 38.8 Å². The molecule has 0 spiro atoms. The number of amides is 2. The zero-order valence-corrected chi connectivity index (χ0v) is 24.8. The SMILES string of the molecule is COc1cccc(CN(C(=O)CN(c2cccc(C(F)(F)F)c2)S(=O)(=O)c2ccccc2)[C@H](C)C(=O)NC(C)(C)C)c1. The average Bonchev–Trinajstić information content (AvgIpc) is 2.93. The Morgan fingerprint density at radius 1 is 0.929 bits per heavy atom. The summed E-state index contributed by atoms with van der Waals surface area (Å²) in [5.74, 6) is -0.787. The maximum atomic E-state index is 13.9. The normalized spacial score (nSPS) is 12.8. The van der Waals surface area contributed by atoms with E-state index in [0.717, 1.165) is 12.1 Å². The Kier molecular flexibility index (Phi) is 9.93. The van der Waals surface area contributed by atoms with Gasteiger partial charge in [0, 0.05) is 12.1 Å². The summed E-state index contributed by atoms with van der Waals surface area (Å²) in [6, 6.07) is 16.6. The number of alkyl halides is 3. The van der Waals surface area contributed by atoms with Crippen LogP contribution in [0.25, 0.3) is 0 Å². The fraction of sp³-hybridized carbons (Fsp3) is 0.333. The summed E-state index contributed by atoms with van der Waals surface area (Å²) in [5, 5.41) is 2.81. The summed E-state index contributed by atoms with van der Waals surface area (Å²) >= 11 is 0. The molecule has 3 aromatic carbocycles. The third-order valence-corrected chi connectivity index (χ3v) is 8.01. The number of halogens is 3. The van der Waals surface area contributed by atoms with E-state index in [4.69, 9.17) is 4.74 Å². The molecule has 0 aliphatic heterocycles. The van der Waals surface area contributed by atoms with E-state index in [2.05, 4.69) is 5.32 Å². The number of ether oxygens (including phenoxy) is 1. The molecule has 3 aromatic rings. The zero-order valence-electron chi connectivity index (χ0n) is 24.0. The molecule has 0 bridgehead atoms. The number of hydrogen-bond acceptors (Lipinski definition) is 5. The minimum atomic E-state index is -4.75. The van der Waals surface area contributed by atoms with E-state index in [-0.39, 0.29) is 17.1 Å². The highest BCUT2D eigenvalue weighted by atomic mass is 32.2. The molecule has 12 heteroatoms. The van der Waals surface area contributed by atoms with Crippen LogP contribution in [-0.4, -0.2) is 50.4 Å². The molecule has 1 N–H and O–H groups in total. The van der Waals surface area contributed by atoms with E-state index in [1.165, 1.54) is 49.3 Å². The van der Waals surface area contributed by atoms with Crippen LogP contribution >= 0.6 is 0 Å². The molecule has 0 fully saturated rings. The zero-order chi connectivity index (χ0) is 31.3. The first-order valence-electron chi connectivity index (χ1n) is 13.0. The fourth-order valence-corrected chi connectivity index (χ4v) is 5.54. The van der Waals surface area contributed by atoms with Gasteiger partial charge in [0.2, 0.25) is 11.8 Å². The molecule has 0 radical (unpaired) electrons. The monoisotopic (exact) mass is 605 g/mol. The number of carbonyl (C=O) groups excluding carboxylic acids is 2. The number of carbonyl (C=O) groups is 2. The highest BCUT2D eigenvalue weighted by Crippen LogP contribution is 2.33. The maximum Gasteiger partial charge on any atom is 0.416 e. The highest BCUT2D eigenvalue weighted by Gasteiger charge is 2.35. The summed E-state index contributed by atoms with van der Waals surface area (Å²) in [7, 11) is -3.03. The van der Waals surface area contributed by atoms with Crippen LogP contribution in [0.2, 0.25) is 0 Å². The van der Waals surface area contributed by atoms with E-state index in [1.807, 2.05) is 0 Å². The molecule has 1 atom stereocenters. The molecular weight excluding hydrogens is 571 g/mol. The van der Waals surface area contributed by atoms with Crippen LogP contribution in [0.3, 0.4) is 0 Å². The number of nitrogens with zero attached hydrogens (tertiary/aromatic N) is 2. The number of hydrogen-bond donors (Lipinski definition) is 1. The summed E-state index contributed by atoms with van der Waals surface area (Å²) < 4.78 is 74.2. The van der Waals surface area contributed by atoms with Crippen LogP contribution in [0, 0.1) is 0 Å². The Morgan fingerprint density at radius 3 is 2.17 bits per heavy atom. The van der Waals surface area contributed by atoms with Gasteiger partial charge in [-0.1, -0.05) is 36.4 Å². The molecule has 0 heterocycles. The van der Waals surface area contributed by atoms with Gasteiger partial charge in [-0.25, -0.2) is 8.42 Å². The van der Waals surface area contributed by atoms with Gasteiger partial charge < -0.3 is 15.0 Å². The summed E-state index contributed by atoms with van der Waals surface area (Å²) in [5.41, 5.74) is -1.46. The van der Waals surface area contributed by atoms with Crippen molar-refractivity contribution < 1.29 is 35.9 Å². The Morgan fingerprint density at radius 2 is 1.57 bits per heavy atom. The predicted molar refractivity (Wildman–Crippen MR) is 153 cm³/mol. The van der Waals surface area contributed by atoms with E-state index in [9.17, 15) is 31.2 Å². The molecule has 8 nitrogen and oxygen atoms in total. The maximum absolute atomic E-state index is 13.9. The molecule has 0 aliphatic carbocycles. The molecule has 0 saturated carbocycles. The number of sulfonamides is 1. The van der Waals surface area contributed by atoms with E-state index in [1.54, 1.807) is 51.1 Å². The topological polar surface area (TPSA) is 96.0 Å². The minimum Gasteiger partial charge on any atom is -0.497 e.